The first-order chi connectivity index (χ1) is 9.10. The summed E-state index contributed by atoms with van der Waals surface area (Å²) in [6, 6.07) is 10.8. The van der Waals surface area contributed by atoms with Crippen molar-refractivity contribution in [2.24, 2.45) is 0 Å². The second kappa shape index (κ2) is 6.13. The Morgan fingerprint density at radius 3 is 2.32 bits per heavy atom. The van der Waals surface area contributed by atoms with E-state index in [4.69, 9.17) is 11.6 Å². The normalized spacial score (nSPS) is 12.4. The van der Waals surface area contributed by atoms with Gasteiger partial charge in [0.15, 0.2) is 0 Å². The first-order valence-corrected chi connectivity index (χ1v) is 6.34. The molecule has 4 heteroatoms. The van der Waals surface area contributed by atoms with E-state index in [0.717, 1.165) is 11.6 Å². The molecule has 2 rings (SSSR count). The number of likely N-dealkylation sites (N-methyl/N-ethyl adjacent to an activating group) is 1. The number of benzene rings is 2. The van der Waals surface area contributed by atoms with E-state index in [9.17, 15) is 8.78 Å². The molecule has 1 atom stereocenters. The summed E-state index contributed by atoms with van der Waals surface area (Å²) in [5.74, 6) is -1.15. The van der Waals surface area contributed by atoms with Crippen LogP contribution >= 0.6 is 11.6 Å². The highest BCUT2D eigenvalue weighted by Gasteiger charge is 2.14. The van der Waals surface area contributed by atoms with E-state index < -0.39 is 11.6 Å². The highest BCUT2D eigenvalue weighted by Crippen LogP contribution is 2.24. The van der Waals surface area contributed by atoms with Gasteiger partial charge in [-0.1, -0.05) is 29.8 Å². The largest absolute Gasteiger partial charge is 0.313 e. The SMILES string of the molecule is CNC(Cc1ccccc1Cl)c1cc(F)cc(F)c1. The van der Waals surface area contributed by atoms with Crippen LogP contribution in [0.15, 0.2) is 42.5 Å². The molecule has 0 bridgehead atoms. The molecular weight excluding hydrogens is 268 g/mol. The number of halogens is 3. The van der Waals surface area contributed by atoms with E-state index in [2.05, 4.69) is 5.32 Å². The molecule has 2 aromatic carbocycles. The maximum atomic E-state index is 13.2. The standard InChI is InChI=1S/C15H14ClF2N/c1-19-15(8-10-4-2-3-5-14(10)16)11-6-12(17)9-13(18)7-11/h2-7,9,15,19H,8H2,1H3. The first-order valence-electron chi connectivity index (χ1n) is 5.97. The predicted molar refractivity (Wildman–Crippen MR) is 73.3 cm³/mol. The second-order valence-corrected chi connectivity index (χ2v) is 4.75. The van der Waals surface area contributed by atoms with E-state index in [0.29, 0.717) is 17.0 Å². The minimum Gasteiger partial charge on any atom is -0.313 e. The summed E-state index contributed by atoms with van der Waals surface area (Å²) in [6.45, 7) is 0. The van der Waals surface area contributed by atoms with Crippen molar-refractivity contribution >= 4 is 11.6 Å². The van der Waals surface area contributed by atoms with Crippen molar-refractivity contribution in [3.63, 3.8) is 0 Å². The van der Waals surface area contributed by atoms with Crippen molar-refractivity contribution in [1.29, 1.82) is 0 Å². The Morgan fingerprint density at radius 1 is 1.11 bits per heavy atom. The van der Waals surface area contributed by atoms with Crippen LogP contribution in [0, 0.1) is 11.6 Å². The van der Waals surface area contributed by atoms with Crippen molar-refractivity contribution in [3.8, 4) is 0 Å². The lowest BCUT2D eigenvalue weighted by atomic mass is 9.99. The third-order valence-corrected chi connectivity index (χ3v) is 3.39. The van der Waals surface area contributed by atoms with Crippen LogP contribution in [0.5, 0.6) is 0 Å². The zero-order chi connectivity index (χ0) is 13.8. The van der Waals surface area contributed by atoms with Gasteiger partial charge in [0, 0.05) is 17.1 Å². The first kappa shape index (κ1) is 14.0. The molecule has 0 saturated heterocycles. The summed E-state index contributed by atoms with van der Waals surface area (Å²) in [7, 11) is 1.75. The van der Waals surface area contributed by atoms with Gasteiger partial charge in [-0.25, -0.2) is 8.78 Å². The second-order valence-electron chi connectivity index (χ2n) is 4.34. The van der Waals surface area contributed by atoms with Crippen LogP contribution in [0.3, 0.4) is 0 Å². The Morgan fingerprint density at radius 2 is 1.74 bits per heavy atom. The van der Waals surface area contributed by atoms with Crippen molar-refractivity contribution in [2.75, 3.05) is 7.05 Å². The summed E-state index contributed by atoms with van der Waals surface area (Å²) in [5, 5.41) is 3.71. The predicted octanol–water partition coefficient (Wildman–Crippen LogP) is 4.12. The van der Waals surface area contributed by atoms with Gasteiger partial charge in [-0.2, -0.15) is 0 Å². The molecule has 0 fully saturated rings. The maximum absolute atomic E-state index is 13.2. The molecule has 1 unspecified atom stereocenters. The molecule has 0 aliphatic carbocycles. The average Bonchev–Trinajstić information content (AvgIpc) is 2.36. The van der Waals surface area contributed by atoms with Gasteiger partial charge in [0.2, 0.25) is 0 Å². The number of nitrogens with one attached hydrogen (secondary N) is 1. The highest BCUT2D eigenvalue weighted by molar-refractivity contribution is 6.31. The average molecular weight is 282 g/mol. The lowest BCUT2D eigenvalue weighted by molar-refractivity contribution is 0.551. The minimum atomic E-state index is -0.575. The quantitative estimate of drug-likeness (QED) is 0.889. The molecule has 19 heavy (non-hydrogen) atoms. The monoisotopic (exact) mass is 281 g/mol. The zero-order valence-electron chi connectivity index (χ0n) is 10.5. The molecule has 0 aliphatic heterocycles. The summed E-state index contributed by atoms with van der Waals surface area (Å²) < 4.78 is 26.5. The molecular formula is C15H14ClF2N. The van der Waals surface area contributed by atoms with Gasteiger partial charge < -0.3 is 5.32 Å². The van der Waals surface area contributed by atoms with Crippen LogP contribution in [0.25, 0.3) is 0 Å². The van der Waals surface area contributed by atoms with Crippen molar-refractivity contribution in [2.45, 2.75) is 12.5 Å². The summed E-state index contributed by atoms with van der Waals surface area (Å²) in [5.41, 5.74) is 1.51. The third-order valence-electron chi connectivity index (χ3n) is 3.02. The lowest BCUT2D eigenvalue weighted by Crippen LogP contribution is -2.19. The maximum Gasteiger partial charge on any atom is 0.126 e. The number of rotatable bonds is 4. The van der Waals surface area contributed by atoms with E-state index in [1.165, 1.54) is 12.1 Å². The molecule has 0 heterocycles. The fraction of sp³-hybridized carbons (Fsp3) is 0.200. The van der Waals surface area contributed by atoms with Gasteiger partial charge in [-0.15, -0.1) is 0 Å². The summed E-state index contributed by atoms with van der Waals surface area (Å²) in [4.78, 5) is 0. The Labute approximate surface area is 116 Å². The Hall–Kier alpha value is -1.45. The molecule has 0 radical (unpaired) electrons. The van der Waals surface area contributed by atoms with Gasteiger partial charge in [0.1, 0.15) is 11.6 Å². The van der Waals surface area contributed by atoms with Crippen LogP contribution in [0.4, 0.5) is 8.78 Å². The lowest BCUT2D eigenvalue weighted by Gasteiger charge is -2.17. The molecule has 0 saturated carbocycles. The van der Waals surface area contributed by atoms with E-state index >= 15 is 0 Å². The van der Waals surface area contributed by atoms with Crippen molar-refractivity contribution in [1.82, 2.24) is 5.32 Å². The highest BCUT2D eigenvalue weighted by atomic mass is 35.5. The Balaban J connectivity index is 2.28. The van der Waals surface area contributed by atoms with Crippen LogP contribution in [0.1, 0.15) is 17.2 Å². The van der Waals surface area contributed by atoms with E-state index in [1.807, 2.05) is 18.2 Å². The van der Waals surface area contributed by atoms with Crippen molar-refractivity contribution < 1.29 is 8.78 Å². The van der Waals surface area contributed by atoms with E-state index in [1.54, 1.807) is 13.1 Å². The topological polar surface area (TPSA) is 12.0 Å². The van der Waals surface area contributed by atoms with Crippen molar-refractivity contribution in [3.05, 3.63) is 70.2 Å². The van der Waals surface area contributed by atoms with Gasteiger partial charge >= 0.3 is 0 Å². The van der Waals surface area contributed by atoms with Gasteiger partial charge in [-0.05, 0) is 42.8 Å². The molecule has 0 amide bonds. The molecule has 0 spiro atoms. The molecule has 0 aliphatic rings. The van der Waals surface area contributed by atoms with E-state index in [-0.39, 0.29) is 6.04 Å². The molecule has 2 aromatic rings. The number of hydrogen-bond donors (Lipinski definition) is 1. The minimum absolute atomic E-state index is 0.190. The molecule has 1 nitrogen and oxygen atoms in total. The number of hydrogen-bond acceptors (Lipinski definition) is 1. The summed E-state index contributed by atoms with van der Waals surface area (Å²) >= 11 is 6.10. The zero-order valence-corrected chi connectivity index (χ0v) is 11.2. The smallest absolute Gasteiger partial charge is 0.126 e. The molecule has 100 valence electrons. The Kier molecular flexibility index (Phi) is 4.51. The Bertz CT molecular complexity index is 552. The van der Waals surface area contributed by atoms with Gasteiger partial charge in [0.05, 0.1) is 0 Å². The van der Waals surface area contributed by atoms with Crippen LogP contribution < -0.4 is 5.32 Å². The molecule has 1 N–H and O–H groups in total. The molecule has 0 aromatic heterocycles. The fourth-order valence-corrected chi connectivity index (χ4v) is 2.26. The third kappa shape index (κ3) is 3.52. The van der Waals surface area contributed by atoms with Gasteiger partial charge in [0.25, 0.3) is 0 Å². The fourth-order valence-electron chi connectivity index (χ4n) is 2.05. The van der Waals surface area contributed by atoms with Gasteiger partial charge in [-0.3, -0.25) is 0 Å². The van der Waals surface area contributed by atoms with Crippen LogP contribution in [0.2, 0.25) is 5.02 Å². The summed E-state index contributed by atoms with van der Waals surface area (Å²) in [6.07, 6.45) is 0.569. The van der Waals surface area contributed by atoms with Crippen LogP contribution in [-0.2, 0) is 6.42 Å². The van der Waals surface area contributed by atoms with Crippen LogP contribution in [-0.4, -0.2) is 7.05 Å².